The van der Waals surface area contributed by atoms with Crippen molar-refractivity contribution in [3.63, 3.8) is 0 Å². The van der Waals surface area contributed by atoms with Crippen LogP contribution in [0.3, 0.4) is 0 Å². The molecule has 0 aliphatic rings. The number of nitrogens with zero attached hydrogens (tertiary/aromatic N) is 1. The number of hydrogen-bond donors (Lipinski definition) is 1. The van der Waals surface area contributed by atoms with Crippen LogP contribution in [0.15, 0.2) is 5.16 Å². The van der Waals surface area contributed by atoms with Crippen LogP contribution in [0.2, 0.25) is 0 Å². The lowest BCUT2D eigenvalue weighted by Gasteiger charge is -1.92. The molecule has 0 amide bonds. The summed E-state index contributed by atoms with van der Waals surface area (Å²) in [6.45, 7) is 3.58. The van der Waals surface area contributed by atoms with Crippen molar-refractivity contribution in [2.24, 2.45) is 5.16 Å². The molecular formula is C5H10N2O. The first kappa shape index (κ1) is 7.14. The number of hydrogen-bond acceptors (Lipinski definition) is 3. The quantitative estimate of drug-likeness (QED) is 0.329. The highest BCUT2D eigenvalue weighted by Crippen LogP contribution is 1.83. The third-order valence-electron chi connectivity index (χ3n) is 0.589. The molecule has 0 spiro atoms. The number of oxime groups is 1. The summed E-state index contributed by atoms with van der Waals surface area (Å²) in [6.07, 6.45) is 2.10. The number of rotatable bonds is 2. The van der Waals surface area contributed by atoms with Gasteiger partial charge in [-0.3, -0.25) is 5.41 Å². The summed E-state index contributed by atoms with van der Waals surface area (Å²) in [5.74, 6) is 0.197. The van der Waals surface area contributed by atoms with Crippen LogP contribution in [0.25, 0.3) is 0 Å². The highest BCUT2D eigenvalue weighted by Gasteiger charge is 1.86. The van der Waals surface area contributed by atoms with E-state index in [0.717, 1.165) is 0 Å². The van der Waals surface area contributed by atoms with Gasteiger partial charge in [-0.15, -0.1) is 0 Å². The van der Waals surface area contributed by atoms with Gasteiger partial charge in [0.2, 0.25) is 5.90 Å². The second-order valence-corrected chi connectivity index (χ2v) is 1.23. The lowest BCUT2D eigenvalue weighted by atomic mass is 10.5. The molecule has 0 aliphatic carbocycles. The zero-order chi connectivity index (χ0) is 6.41. The summed E-state index contributed by atoms with van der Waals surface area (Å²) in [6, 6.07) is 0. The van der Waals surface area contributed by atoms with Crippen molar-refractivity contribution in [3.8, 4) is 0 Å². The highest BCUT2D eigenvalue weighted by atomic mass is 16.6. The zero-order valence-electron chi connectivity index (χ0n) is 5.14. The highest BCUT2D eigenvalue weighted by molar-refractivity contribution is 5.72. The zero-order valence-corrected chi connectivity index (χ0v) is 5.14. The summed E-state index contributed by atoms with van der Waals surface area (Å²) in [5, 5.41) is 10.3. The van der Waals surface area contributed by atoms with Crippen LogP contribution in [-0.2, 0) is 4.84 Å². The van der Waals surface area contributed by atoms with Gasteiger partial charge in [0.25, 0.3) is 0 Å². The van der Waals surface area contributed by atoms with Crippen molar-refractivity contribution in [3.05, 3.63) is 0 Å². The van der Waals surface area contributed by atoms with Crippen molar-refractivity contribution in [1.29, 1.82) is 5.41 Å². The Morgan fingerprint density at radius 1 is 1.88 bits per heavy atom. The van der Waals surface area contributed by atoms with Crippen molar-refractivity contribution >= 4 is 12.1 Å². The monoisotopic (exact) mass is 114 g/mol. The van der Waals surface area contributed by atoms with E-state index in [4.69, 9.17) is 5.41 Å². The van der Waals surface area contributed by atoms with E-state index >= 15 is 0 Å². The molecule has 0 rings (SSSR count). The predicted molar refractivity (Wildman–Crippen MR) is 33.3 cm³/mol. The molecule has 0 heterocycles. The van der Waals surface area contributed by atoms with Crippen LogP contribution in [0.1, 0.15) is 20.3 Å². The maximum Gasteiger partial charge on any atom is 0.217 e. The smallest absolute Gasteiger partial charge is 0.217 e. The Morgan fingerprint density at radius 3 is 2.88 bits per heavy atom. The number of nitrogens with one attached hydrogen (secondary N) is 1. The van der Waals surface area contributed by atoms with Gasteiger partial charge in [0.05, 0.1) is 0 Å². The first-order valence-corrected chi connectivity index (χ1v) is 2.53. The van der Waals surface area contributed by atoms with Gasteiger partial charge in [0.15, 0.2) is 0 Å². The third-order valence-corrected chi connectivity index (χ3v) is 0.589. The van der Waals surface area contributed by atoms with Crippen molar-refractivity contribution in [2.75, 3.05) is 0 Å². The normalized spacial score (nSPS) is 9.75. The Hall–Kier alpha value is -0.860. The molecule has 0 aromatic carbocycles. The van der Waals surface area contributed by atoms with E-state index in [-0.39, 0.29) is 5.90 Å². The minimum absolute atomic E-state index is 0.197. The van der Waals surface area contributed by atoms with Crippen LogP contribution >= 0.6 is 0 Å². The molecule has 0 bridgehead atoms. The summed E-state index contributed by atoms with van der Waals surface area (Å²) >= 11 is 0. The van der Waals surface area contributed by atoms with E-state index in [2.05, 4.69) is 9.99 Å². The maximum atomic E-state index is 6.90. The van der Waals surface area contributed by atoms with Crippen LogP contribution in [0.4, 0.5) is 0 Å². The van der Waals surface area contributed by atoms with Gasteiger partial charge in [-0.05, 0) is 6.92 Å². The molecule has 0 atom stereocenters. The minimum Gasteiger partial charge on any atom is -0.342 e. The SMILES string of the molecule is C/C=N/OC(=N)CC. The van der Waals surface area contributed by atoms with Gasteiger partial charge in [0, 0.05) is 12.6 Å². The molecule has 0 aromatic heterocycles. The van der Waals surface area contributed by atoms with E-state index in [1.807, 2.05) is 6.92 Å². The molecular weight excluding hydrogens is 104 g/mol. The molecule has 0 fully saturated rings. The molecule has 0 aromatic rings. The standard InChI is InChI=1S/C5H10N2O/c1-3-5(6)8-7-4-2/h4,6H,3H2,1-2H3/b6-5?,7-4+. The third kappa shape index (κ3) is 3.33. The van der Waals surface area contributed by atoms with Gasteiger partial charge in [0.1, 0.15) is 0 Å². The molecule has 0 saturated heterocycles. The Kier molecular flexibility index (Phi) is 3.84. The van der Waals surface area contributed by atoms with Gasteiger partial charge in [-0.2, -0.15) is 0 Å². The summed E-state index contributed by atoms with van der Waals surface area (Å²) in [4.78, 5) is 4.49. The Morgan fingerprint density at radius 2 is 2.50 bits per heavy atom. The minimum atomic E-state index is 0.197. The summed E-state index contributed by atoms with van der Waals surface area (Å²) in [5.41, 5.74) is 0. The molecule has 0 saturated carbocycles. The van der Waals surface area contributed by atoms with Crippen LogP contribution in [0.5, 0.6) is 0 Å². The molecule has 0 unspecified atom stereocenters. The van der Waals surface area contributed by atoms with Crippen LogP contribution < -0.4 is 0 Å². The molecule has 3 nitrogen and oxygen atoms in total. The fourth-order valence-electron chi connectivity index (χ4n) is 0.181. The fraction of sp³-hybridized carbons (Fsp3) is 0.600. The Labute approximate surface area is 48.8 Å². The van der Waals surface area contributed by atoms with Crippen LogP contribution in [0, 0.1) is 5.41 Å². The van der Waals surface area contributed by atoms with Crippen molar-refractivity contribution < 1.29 is 4.84 Å². The average molecular weight is 114 g/mol. The van der Waals surface area contributed by atoms with E-state index in [9.17, 15) is 0 Å². The van der Waals surface area contributed by atoms with Gasteiger partial charge >= 0.3 is 0 Å². The van der Waals surface area contributed by atoms with Crippen LogP contribution in [-0.4, -0.2) is 12.1 Å². The van der Waals surface area contributed by atoms with Gasteiger partial charge in [-0.1, -0.05) is 12.1 Å². The molecule has 0 radical (unpaired) electrons. The lowest BCUT2D eigenvalue weighted by Crippen LogP contribution is -1.93. The molecule has 46 valence electrons. The molecule has 8 heavy (non-hydrogen) atoms. The average Bonchev–Trinajstić information content (AvgIpc) is 1.83. The first-order valence-electron chi connectivity index (χ1n) is 2.53. The lowest BCUT2D eigenvalue weighted by molar-refractivity contribution is 0.318. The maximum absolute atomic E-state index is 6.90. The van der Waals surface area contributed by atoms with Gasteiger partial charge < -0.3 is 4.84 Å². The van der Waals surface area contributed by atoms with Gasteiger partial charge in [-0.25, -0.2) is 0 Å². The van der Waals surface area contributed by atoms with E-state index in [0.29, 0.717) is 6.42 Å². The largest absolute Gasteiger partial charge is 0.342 e. The topological polar surface area (TPSA) is 45.4 Å². The summed E-state index contributed by atoms with van der Waals surface area (Å²) < 4.78 is 0. The van der Waals surface area contributed by atoms with Crippen molar-refractivity contribution in [2.45, 2.75) is 20.3 Å². The molecule has 0 aliphatic heterocycles. The summed E-state index contributed by atoms with van der Waals surface area (Å²) in [7, 11) is 0. The fourth-order valence-corrected chi connectivity index (χ4v) is 0.181. The molecule has 3 heteroatoms. The second kappa shape index (κ2) is 4.30. The van der Waals surface area contributed by atoms with E-state index in [1.54, 1.807) is 6.92 Å². The predicted octanol–water partition coefficient (Wildman–Crippen LogP) is 1.40. The second-order valence-electron chi connectivity index (χ2n) is 1.23. The van der Waals surface area contributed by atoms with E-state index in [1.165, 1.54) is 6.21 Å². The van der Waals surface area contributed by atoms with Crippen molar-refractivity contribution in [1.82, 2.24) is 0 Å². The first-order chi connectivity index (χ1) is 3.81. The molecule has 1 N–H and O–H groups in total. The Bertz CT molecular complexity index is 98.6. The Balaban J connectivity index is 3.25. The van der Waals surface area contributed by atoms with E-state index < -0.39 is 0 Å².